The molecule has 29 heavy (non-hydrogen) atoms. The quantitative estimate of drug-likeness (QED) is 0.600. The lowest BCUT2D eigenvalue weighted by Crippen LogP contribution is -2.43. The van der Waals surface area contributed by atoms with Crippen LogP contribution in [0.2, 0.25) is 0 Å². The van der Waals surface area contributed by atoms with Crippen molar-refractivity contribution in [1.82, 2.24) is 10.6 Å². The number of halogens is 2. The van der Waals surface area contributed by atoms with Crippen molar-refractivity contribution < 1.29 is 18.7 Å². The van der Waals surface area contributed by atoms with Crippen molar-refractivity contribution in [2.45, 2.75) is 39.3 Å². The average Bonchev–Trinajstić information content (AvgIpc) is 2.63. The van der Waals surface area contributed by atoms with E-state index in [4.69, 9.17) is 9.47 Å². The molecule has 5 nitrogen and oxygen atoms in total. The standard InChI is InChI=1S/C22H29FN2O3.ClH/c1-22(2,3)25-20(26)15-28-21-17(6-5-7-19(21)27-4)14-24-13-12-16-8-10-18(23)11-9-16;/h5-11,24H,12-15H2,1-4H3,(H,25,26);1H. The van der Waals surface area contributed by atoms with Gasteiger partial charge in [0.25, 0.3) is 5.91 Å². The number of ether oxygens (including phenoxy) is 2. The first kappa shape index (κ1) is 24.7. The predicted octanol–water partition coefficient (Wildman–Crippen LogP) is 3.88. The summed E-state index contributed by atoms with van der Waals surface area (Å²) in [5, 5.41) is 6.23. The Hall–Kier alpha value is -2.31. The van der Waals surface area contributed by atoms with Gasteiger partial charge >= 0.3 is 0 Å². The van der Waals surface area contributed by atoms with Gasteiger partial charge in [0.15, 0.2) is 18.1 Å². The summed E-state index contributed by atoms with van der Waals surface area (Å²) in [4.78, 5) is 12.1. The second kappa shape index (κ2) is 11.6. The Labute approximate surface area is 178 Å². The molecule has 0 aliphatic rings. The fraction of sp³-hybridized carbons (Fsp3) is 0.409. The van der Waals surface area contributed by atoms with Gasteiger partial charge < -0.3 is 20.1 Å². The molecule has 0 fully saturated rings. The van der Waals surface area contributed by atoms with Crippen LogP contribution in [0.15, 0.2) is 42.5 Å². The maximum atomic E-state index is 13.0. The van der Waals surface area contributed by atoms with Crippen molar-refractivity contribution in [1.29, 1.82) is 0 Å². The van der Waals surface area contributed by atoms with Crippen molar-refractivity contribution in [3.63, 3.8) is 0 Å². The highest BCUT2D eigenvalue weighted by atomic mass is 35.5. The molecule has 0 heterocycles. The number of rotatable bonds is 9. The molecule has 0 unspecified atom stereocenters. The van der Waals surface area contributed by atoms with Crippen molar-refractivity contribution in [2.24, 2.45) is 0 Å². The molecule has 0 aliphatic heterocycles. The van der Waals surface area contributed by atoms with Crippen molar-refractivity contribution in [3.05, 3.63) is 59.4 Å². The number of hydrogen-bond donors (Lipinski definition) is 2. The molecule has 0 saturated heterocycles. The molecule has 0 spiro atoms. The maximum Gasteiger partial charge on any atom is 0.258 e. The van der Waals surface area contributed by atoms with Gasteiger partial charge in [-0.15, -0.1) is 12.4 Å². The van der Waals surface area contributed by atoms with Crippen LogP contribution in [0.4, 0.5) is 4.39 Å². The lowest BCUT2D eigenvalue weighted by molar-refractivity contribution is -0.124. The molecule has 0 saturated carbocycles. The summed E-state index contributed by atoms with van der Waals surface area (Å²) >= 11 is 0. The van der Waals surface area contributed by atoms with Gasteiger partial charge in [-0.3, -0.25) is 4.79 Å². The molecule has 1 amide bonds. The van der Waals surface area contributed by atoms with Crippen LogP contribution in [0.5, 0.6) is 11.5 Å². The highest BCUT2D eigenvalue weighted by molar-refractivity contribution is 5.85. The first-order valence-electron chi connectivity index (χ1n) is 9.33. The first-order chi connectivity index (χ1) is 13.3. The fourth-order valence-corrected chi connectivity index (χ4v) is 2.72. The topological polar surface area (TPSA) is 59.6 Å². The molecule has 2 rings (SSSR count). The number of carbonyl (C=O) groups excluding carboxylic acids is 1. The highest BCUT2D eigenvalue weighted by Gasteiger charge is 2.16. The normalized spacial score (nSPS) is 10.8. The maximum absolute atomic E-state index is 13.0. The van der Waals surface area contributed by atoms with E-state index in [1.165, 1.54) is 12.1 Å². The SMILES string of the molecule is COc1cccc(CNCCc2ccc(F)cc2)c1OCC(=O)NC(C)(C)C.Cl. The number of carbonyl (C=O) groups is 1. The summed E-state index contributed by atoms with van der Waals surface area (Å²) < 4.78 is 24.1. The second-order valence-corrected chi connectivity index (χ2v) is 7.59. The third-order valence-electron chi connectivity index (χ3n) is 3.96. The molecule has 2 aromatic carbocycles. The van der Waals surface area contributed by atoms with E-state index in [-0.39, 0.29) is 36.3 Å². The van der Waals surface area contributed by atoms with Crippen LogP contribution in [0.25, 0.3) is 0 Å². The van der Waals surface area contributed by atoms with E-state index in [1.807, 2.05) is 32.9 Å². The summed E-state index contributed by atoms with van der Waals surface area (Å²) in [7, 11) is 1.57. The van der Waals surface area contributed by atoms with Crippen LogP contribution in [0.1, 0.15) is 31.9 Å². The molecule has 0 aromatic heterocycles. The minimum Gasteiger partial charge on any atom is -0.493 e. The van der Waals surface area contributed by atoms with Crippen LogP contribution in [0, 0.1) is 5.82 Å². The Bertz CT molecular complexity index is 777. The zero-order valence-corrected chi connectivity index (χ0v) is 18.2. The van der Waals surface area contributed by atoms with Crippen LogP contribution in [-0.2, 0) is 17.8 Å². The minimum atomic E-state index is -0.314. The third-order valence-corrected chi connectivity index (χ3v) is 3.96. The van der Waals surface area contributed by atoms with E-state index in [0.29, 0.717) is 18.0 Å². The Morgan fingerprint density at radius 1 is 1.10 bits per heavy atom. The van der Waals surface area contributed by atoms with E-state index in [0.717, 1.165) is 24.1 Å². The smallest absolute Gasteiger partial charge is 0.258 e. The van der Waals surface area contributed by atoms with Gasteiger partial charge in [0, 0.05) is 17.6 Å². The first-order valence-corrected chi connectivity index (χ1v) is 9.33. The molecular formula is C22H30ClFN2O3. The van der Waals surface area contributed by atoms with Crippen LogP contribution in [-0.4, -0.2) is 31.7 Å². The van der Waals surface area contributed by atoms with Crippen molar-refractivity contribution >= 4 is 18.3 Å². The van der Waals surface area contributed by atoms with Crippen LogP contribution < -0.4 is 20.1 Å². The number of para-hydroxylation sites is 1. The van der Waals surface area contributed by atoms with Gasteiger partial charge in [-0.1, -0.05) is 24.3 Å². The molecule has 7 heteroatoms. The lowest BCUT2D eigenvalue weighted by atomic mass is 10.1. The molecule has 0 radical (unpaired) electrons. The second-order valence-electron chi connectivity index (χ2n) is 7.59. The zero-order valence-electron chi connectivity index (χ0n) is 17.4. The average molecular weight is 425 g/mol. The summed E-state index contributed by atoms with van der Waals surface area (Å²) in [6, 6.07) is 12.1. The van der Waals surface area contributed by atoms with Crippen molar-refractivity contribution in [2.75, 3.05) is 20.3 Å². The molecule has 0 atom stereocenters. The van der Waals surface area contributed by atoms with E-state index in [1.54, 1.807) is 25.3 Å². The lowest BCUT2D eigenvalue weighted by Gasteiger charge is -2.21. The third kappa shape index (κ3) is 8.71. The zero-order chi connectivity index (χ0) is 20.6. The Balaban J connectivity index is 0.00000420. The van der Waals surface area contributed by atoms with Crippen molar-refractivity contribution in [3.8, 4) is 11.5 Å². The Kier molecular flexibility index (Phi) is 9.92. The van der Waals surface area contributed by atoms with Gasteiger partial charge in [0.2, 0.25) is 0 Å². The van der Waals surface area contributed by atoms with Gasteiger partial charge in [-0.25, -0.2) is 4.39 Å². The van der Waals surface area contributed by atoms with E-state index in [9.17, 15) is 9.18 Å². The summed E-state index contributed by atoms with van der Waals surface area (Å²) in [6.07, 6.45) is 0.786. The van der Waals surface area contributed by atoms with Crippen LogP contribution >= 0.6 is 12.4 Å². The molecule has 0 bridgehead atoms. The van der Waals surface area contributed by atoms with E-state index < -0.39 is 0 Å². The number of hydrogen-bond acceptors (Lipinski definition) is 4. The monoisotopic (exact) mass is 424 g/mol. The summed E-state index contributed by atoms with van der Waals surface area (Å²) in [5.41, 5.74) is 1.66. The number of nitrogens with one attached hydrogen (secondary N) is 2. The van der Waals surface area contributed by atoms with Gasteiger partial charge in [0.05, 0.1) is 7.11 Å². The summed E-state index contributed by atoms with van der Waals surface area (Å²) in [6.45, 7) is 6.97. The Morgan fingerprint density at radius 3 is 2.41 bits per heavy atom. The molecule has 0 aliphatic carbocycles. The van der Waals surface area contributed by atoms with Gasteiger partial charge in [-0.2, -0.15) is 0 Å². The number of methoxy groups -OCH3 is 1. The largest absolute Gasteiger partial charge is 0.493 e. The van der Waals surface area contributed by atoms with Gasteiger partial charge in [0.1, 0.15) is 5.82 Å². The predicted molar refractivity (Wildman–Crippen MR) is 115 cm³/mol. The number of amides is 1. The molecule has 2 aromatic rings. The fourth-order valence-electron chi connectivity index (χ4n) is 2.72. The van der Waals surface area contributed by atoms with Gasteiger partial charge in [-0.05, 0) is 57.5 Å². The summed E-state index contributed by atoms with van der Waals surface area (Å²) in [5.74, 6) is 0.726. The van der Waals surface area contributed by atoms with E-state index >= 15 is 0 Å². The van der Waals surface area contributed by atoms with E-state index in [2.05, 4.69) is 10.6 Å². The number of benzene rings is 2. The molecular weight excluding hydrogens is 395 g/mol. The Morgan fingerprint density at radius 2 is 1.79 bits per heavy atom. The minimum absolute atomic E-state index is 0. The molecule has 160 valence electrons. The van der Waals surface area contributed by atoms with Crippen LogP contribution in [0.3, 0.4) is 0 Å². The highest BCUT2D eigenvalue weighted by Crippen LogP contribution is 2.31. The molecule has 2 N–H and O–H groups in total.